The molecule has 0 aliphatic rings. The Balaban J connectivity index is 2.00. The van der Waals surface area contributed by atoms with Gasteiger partial charge in [0, 0.05) is 12.6 Å². The van der Waals surface area contributed by atoms with Crippen LogP contribution in [0.5, 0.6) is 0 Å². The standard InChI is InChI=1S/C12H17N3O3S2/c1-3-13-6-10-5-12(19-8-10)20(16,17)14-7-11-4-9(2)18-15-11/h4-5,8,13-14H,3,6-7H2,1-2H3. The zero-order chi connectivity index (χ0) is 14.6. The van der Waals surface area contributed by atoms with Gasteiger partial charge in [-0.3, -0.25) is 0 Å². The zero-order valence-electron chi connectivity index (χ0n) is 11.3. The number of aromatic nitrogens is 1. The molecule has 6 nitrogen and oxygen atoms in total. The largest absolute Gasteiger partial charge is 0.361 e. The summed E-state index contributed by atoms with van der Waals surface area (Å²) in [5.41, 5.74) is 1.53. The molecule has 8 heteroatoms. The maximum absolute atomic E-state index is 12.1. The number of rotatable bonds is 7. The predicted molar refractivity (Wildman–Crippen MR) is 77.0 cm³/mol. The molecular formula is C12H17N3O3S2. The van der Waals surface area contributed by atoms with Gasteiger partial charge in [0.2, 0.25) is 10.0 Å². The second-order valence-electron chi connectivity index (χ2n) is 4.31. The molecule has 0 bridgehead atoms. The van der Waals surface area contributed by atoms with Crippen LogP contribution in [0.25, 0.3) is 0 Å². The Labute approximate surface area is 122 Å². The summed E-state index contributed by atoms with van der Waals surface area (Å²) in [6.45, 7) is 5.41. The average molecular weight is 315 g/mol. The Morgan fingerprint density at radius 2 is 2.15 bits per heavy atom. The first-order chi connectivity index (χ1) is 9.51. The van der Waals surface area contributed by atoms with Gasteiger partial charge in [-0.25, -0.2) is 13.1 Å². The van der Waals surface area contributed by atoms with Crippen LogP contribution >= 0.6 is 11.3 Å². The Bertz CT molecular complexity index is 661. The maximum atomic E-state index is 12.1. The molecule has 0 aromatic carbocycles. The predicted octanol–water partition coefficient (Wildman–Crippen LogP) is 1.63. The fraction of sp³-hybridized carbons (Fsp3) is 0.417. The van der Waals surface area contributed by atoms with E-state index in [-0.39, 0.29) is 6.54 Å². The van der Waals surface area contributed by atoms with E-state index in [1.54, 1.807) is 19.1 Å². The first-order valence-electron chi connectivity index (χ1n) is 6.21. The second kappa shape index (κ2) is 6.49. The van der Waals surface area contributed by atoms with Crippen molar-refractivity contribution in [3.63, 3.8) is 0 Å². The van der Waals surface area contributed by atoms with Crippen molar-refractivity contribution in [2.75, 3.05) is 6.54 Å². The molecule has 0 saturated carbocycles. The summed E-state index contributed by atoms with van der Waals surface area (Å²) in [6, 6.07) is 3.39. The van der Waals surface area contributed by atoms with Crippen molar-refractivity contribution in [1.29, 1.82) is 0 Å². The number of hydrogen-bond donors (Lipinski definition) is 2. The summed E-state index contributed by atoms with van der Waals surface area (Å²) in [7, 11) is -3.49. The smallest absolute Gasteiger partial charge is 0.250 e. The van der Waals surface area contributed by atoms with E-state index in [2.05, 4.69) is 15.2 Å². The molecule has 2 aromatic heterocycles. The van der Waals surface area contributed by atoms with E-state index in [4.69, 9.17) is 4.52 Å². The van der Waals surface area contributed by atoms with E-state index in [0.29, 0.717) is 22.2 Å². The van der Waals surface area contributed by atoms with Crippen LogP contribution in [0.15, 0.2) is 26.2 Å². The molecule has 2 N–H and O–H groups in total. The average Bonchev–Trinajstić information content (AvgIpc) is 3.03. The van der Waals surface area contributed by atoms with Crippen molar-refractivity contribution in [1.82, 2.24) is 15.2 Å². The Kier molecular flexibility index (Phi) is 4.92. The number of thiophene rings is 1. The minimum atomic E-state index is -3.49. The van der Waals surface area contributed by atoms with Crippen LogP contribution in [0, 0.1) is 6.92 Å². The highest BCUT2D eigenvalue weighted by Crippen LogP contribution is 2.20. The molecule has 0 atom stereocenters. The van der Waals surface area contributed by atoms with Crippen LogP contribution in [-0.4, -0.2) is 20.1 Å². The van der Waals surface area contributed by atoms with Gasteiger partial charge in [0.25, 0.3) is 0 Å². The number of sulfonamides is 1. The van der Waals surface area contributed by atoms with Crippen molar-refractivity contribution in [3.05, 3.63) is 34.5 Å². The number of aryl methyl sites for hydroxylation is 1. The third-order valence-corrected chi connectivity index (χ3v) is 5.48. The van der Waals surface area contributed by atoms with Crippen molar-refractivity contribution in [2.45, 2.75) is 31.1 Å². The van der Waals surface area contributed by atoms with E-state index in [0.717, 1.165) is 12.1 Å². The SMILES string of the molecule is CCNCc1csc(S(=O)(=O)NCc2cc(C)on2)c1. The highest BCUT2D eigenvalue weighted by Gasteiger charge is 2.17. The van der Waals surface area contributed by atoms with Crippen LogP contribution in [0.1, 0.15) is 23.9 Å². The Hall–Kier alpha value is -1.22. The summed E-state index contributed by atoms with van der Waals surface area (Å²) in [5.74, 6) is 0.656. The van der Waals surface area contributed by atoms with Gasteiger partial charge in [0.15, 0.2) is 0 Å². The first-order valence-corrected chi connectivity index (χ1v) is 8.57. The van der Waals surface area contributed by atoms with Crippen LogP contribution in [0.2, 0.25) is 0 Å². The lowest BCUT2D eigenvalue weighted by molar-refractivity contribution is 0.390. The van der Waals surface area contributed by atoms with Gasteiger partial charge in [-0.15, -0.1) is 11.3 Å². The highest BCUT2D eigenvalue weighted by molar-refractivity contribution is 7.91. The lowest BCUT2D eigenvalue weighted by Crippen LogP contribution is -2.22. The van der Waals surface area contributed by atoms with Gasteiger partial charge < -0.3 is 9.84 Å². The van der Waals surface area contributed by atoms with Crippen LogP contribution in [0.3, 0.4) is 0 Å². The maximum Gasteiger partial charge on any atom is 0.250 e. The van der Waals surface area contributed by atoms with Gasteiger partial charge in [-0.2, -0.15) is 0 Å². The van der Waals surface area contributed by atoms with Crippen molar-refractivity contribution in [2.24, 2.45) is 0 Å². The van der Waals surface area contributed by atoms with Gasteiger partial charge in [0.1, 0.15) is 9.97 Å². The van der Waals surface area contributed by atoms with E-state index >= 15 is 0 Å². The molecule has 0 aliphatic carbocycles. The molecule has 0 spiro atoms. The van der Waals surface area contributed by atoms with Gasteiger partial charge in [0.05, 0.1) is 12.2 Å². The number of nitrogens with zero attached hydrogens (tertiary/aromatic N) is 1. The number of nitrogens with one attached hydrogen (secondary N) is 2. The van der Waals surface area contributed by atoms with E-state index in [9.17, 15) is 8.42 Å². The molecule has 0 fully saturated rings. The molecule has 0 unspecified atom stereocenters. The summed E-state index contributed by atoms with van der Waals surface area (Å²) in [5, 5.41) is 8.75. The molecule has 2 aromatic rings. The fourth-order valence-corrected chi connectivity index (χ4v) is 3.85. The molecular weight excluding hydrogens is 298 g/mol. The molecule has 0 amide bonds. The van der Waals surface area contributed by atoms with Crippen molar-refractivity contribution >= 4 is 21.4 Å². The molecule has 0 saturated heterocycles. The van der Waals surface area contributed by atoms with E-state index < -0.39 is 10.0 Å². The van der Waals surface area contributed by atoms with Crippen molar-refractivity contribution < 1.29 is 12.9 Å². The molecule has 0 radical (unpaired) electrons. The quantitative estimate of drug-likeness (QED) is 0.811. The van der Waals surface area contributed by atoms with Crippen LogP contribution in [0.4, 0.5) is 0 Å². The van der Waals surface area contributed by atoms with Crippen molar-refractivity contribution in [3.8, 4) is 0 Å². The summed E-state index contributed by atoms with van der Waals surface area (Å²) < 4.78 is 32.0. The molecule has 110 valence electrons. The molecule has 20 heavy (non-hydrogen) atoms. The van der Waals surface area contributed by atoms with Gasteiger partial charge in [-0.05, 0) is 30.5 Å². The molecule has 2 heterocycles. The lowest BCUT2D eigenvalue weighted by Gasteiger charge is -2.01. The first kappa shape index (κ1) is 15.2. The lowest BCUT2D eigenvalue weighted by atomic mass is 10.3. The molecule has 2 rings (SSSR count). The van der Waals surface area contributed by atoms with E-state index in [1.165, 1.54) is 11.3 Å². The second-order valence-corrected chi connectivity index (χ2v) is 7.21. The number of hydrogen-bond acceptors (Lipinski definition) is 6. The highest BCUT2D eigenvalue weighted by atomic mass is 32.2. The van der Waals surface area contributed by atoms with Crippen LogP contribution < -0.4 is 10.0 Å². The minimum Gasteiger partial charge on any atom is -0.361 e. The topological polar surface area (TPSA) is 84.2 Å². The summed E-state index contributed by atoms with van der Waals surface area (Å²) in [6.07, 6.45) is 0. The third-order valence-electron chi connectivity index (χ3n) is 2.59. The van der Waals surface area contributed by atoms with E-state index in [1.807, 2.05) is 12.3 Å². The fourth-order valence-electron chi connectivity index (χ4n) is 1.60. The van der Waals surface area contributed by atoms with Crippen LogP contribution in [-0.2, 0) is 23.1 Å². The van der Waals surface area contributed by atoms with Gasteiger partial charge >= 0.3 is 0 Å². The zero-order valence-corrected chi connectivity index (χ0v) is 13.0. The third kappa shape index (κ3) is 3.89. The monoisotopic (exact) mass is 315 g/mol. The Morgan fingerprint density at radius 3 is 2.80 bits per heavy atom. The van der Waals surface area contributed by atoms with Gasteiger partial charge in [-0.1, -0.05) is 12.1 Å². The normalized spacial score (nSPS) is 11.9. The summed E-state index contributed by atoms with van der Waals surface area (Å²) >= 11 is 1.21. The Morgan fingerprint density at radius 1 is 1.35 bits per heavy atom. The summed E-state index contributed by atoms with van der Waals surface area (Å²) in [4.78, 5) is 0. The molecule has 0 aliphatic heterocycles. The minimum absolute atomic E-state index is 0.125.